The van der Waals surface area contributed by atoms with Crippen molar-refractivity contribution < 1.29 is 26.3 Å². The molecule has 1 atom stereocenters. The third-order valence-electron chi connectivity index (χ3n) is 4.86. The number of nitrogens with zero attached hydrogens (tertiary/aromatic N) is 1. The second kappa shape index (κ2) is 9.89. The predicted molar refractivity (Wildman–Crippen MR) is 112 cm³/mol. The lowest BCUT2D eigenvalue weighted by atomic mass is 10.1. The molecule has 0 amide bonds. The third-order valence-corrected chi connectivity index (χ3v) is 6.00. The topological polar surface area (TPSA) is 79.8 Å². The van der Waals surface area contributed by atoms with Gasteiger partial charge in [-0.2, -0.15) is 13.2 Å². The van der Waals surface area contributed by atoms with Crippen molar-refractivity contribution in [3.05, 3.63) is 29.8 Å². The van der Waals surface area contributed by atoms with Gasteiger partial charge in [-0.25, -0.2) is 8.42 Å². The molecule has 170 valence electrons. The Bertz CT molecular complexity index is 837. The van der Waals surface area contributed by atoms with Gasteiger partial charge in [0.25, 0.3) is 0 Å². The first-order chi connectivity index (χ1) is 14.0. The van der Waals surface area contributed by atoms with Gasteiger partial charge in [-0.15, -0.1) is 0 Å². The largest absolute Gasteiger partial charge is 0.489 e. The first-order valence-corrected chi connectivity index (χ1v) is 12.1. The van der Waals surface area contributed by atoms with Crippen molar-refractivity contribution in [3.63, 3.8) is 0 Å². The van der Waals surface area contributed by atoms with Crippen LogP contribution in [0.3, 0.4) is 0 Å². The Morgan fingerprint density at radius 1 is 1.27 bits per heavy atom. The maximum atomic E-state index is 12.9. The number of hydrogen-bond donors (Lipinski definition) is 2. The number of guanidine groups is 1. The van der Waals surface area contributed by atoms with E-state index in [0.717, 1.165) is 25.0 Å². The van der Waals surface area contributed by atoms with Gasteiger partial charge in [0.05, 0.1) is 17.9 Å². The summed E-state index contributed by atoms with van der Waals surface area (Å²) in [7, 11) is -3.07. The highest BCUT2D eigenvalue weighted by Gasteiger charge is 2.45. The standard InChI is InChI=1S/C20H30F3N3O3S/c1-4-16(29-17-8-6-7-15(11-17)20(21,22)23)12-25-18(24-5-2)26-13-19(9-10-19)14-30(3,27)28/h6-8,11,16H,4-5,9-10,12-14H2,1-3H3,(H2,24,25,26). The summed E-state index contributed by atoms with van der Waals surface area (Å²) in [5.41, 5.74) is -1.03. The van der Waals surface area contributed by atoms with Crippen LogP contribution in [0.2, 0.25) is 0 Å². The zero-order valence-corrected chi connectivity index (χ0v) is 18.4. The lowest BCUT2D eigenvalue weighted by Gasteiger charge is -2.21. The van der Waals surface area contributed by atoms with E-state index in [1.165, 1.54) is 18.4 Å². The van der Waals surface area contributed by atoms with Gasteiger partial charge in [0.2, 0.25) is 0 Å². The summed E-state index contributed by atoms with van der Waals surface area (Å²) in [6, 6.07) is 4.82. The van der Waals surface area contributed by atoms with E-state index in [-0.39, 0.29) is 23.0 Å². The highest BCUT2D eigenvalue weighted by Crippen LogP contribution is 2.46. The summed E-state index contributed by atoms with van der Waals surface area (Å²) in [5.74, 6) is 0.813. The molecular weight excluding hydrogens is 419 g/mol. The van der Waals surface area contributed by atoms with E-state index in [4.69, 9.17) is 4.74 Å². The van der Waals surface area contributed by atoms with Crippen molar-refractivity contribution in [2.24, 2.45) is 10.4 Å². The molecule has 1 aromatic rings. The Morgan fingerprint density at radius 3 is 2.50 bits per heavy atom. The Labute approximate surface area is 176 Å². The van der Waals surface area contributed by atoms with Crippen LogP contribution in [-0.2, 0) is 16.0 Å². The van der Waals surface area contributed by atoms with Crippen LogP contribution in [0, 0.1) is 5.41 Å². The Balaban J connectivity index is 1.97. The van der Waals surface area contributed by atoms with Crippen LogP contribution < -0.4 is 15.4 Å². The van der Waals surface area contributed by atoms with Gasteiger partial charge in [0, 0.05) is 24.8 Å². The summed E-state index contributed by atoms with van der Waals surface area (Å²) in [5, 5.41) is 6.25. The number of aliphatic imine (C=N–C) groups is 1. The second-order valence-electron chi connectivity index (χ2n) is 7.82. The highest BCUT2D eigenvalue weighted by molar-refractivity contribution is 7.90. The van der Waals surface area contributed by atoms with Crippen molar-refractivity contribution >= 4 is 15.8 Å². The number of benzene rings is 1. The van der Waals surface area contributed by atoms with E-state index in [0.29, 0.717) is 32.0 Å². The number of hydrogen-bond acceptors (Lipinski definition) is 4. The number of rotatable bonds is 10. The van der Waals surface area contributed by atoms with Crippen LogP contribution in [0.15, 0.2) is 29.3 Å². The van der Waals surface area contributed by atoms with Gasteiger partial charge in [-0.1, -0.05) is 13.0 Å². The molecule has 1 fully saturated rings. The van der Waals surface area contributed by atoms with Gasteiger partial charge in [-0.3, -0.25) is 4.99 Å². The Kier molecular flexibility index (Phi) is 8.01. The fourth-order valence-corrected chi connectivity index (χ4v) is 4.58. The first kappa shape index (κ1) is 24.3. The van der Waals surface area contributed by atoms with Gasteiger partial charge >= 0.3 is 6.18 Å². The Morgan fingerprint density at radius 2 is 1.97 bits per heavy atom. The number of nitrogens with one attached hydrogen (secondary N) is 2. The molecule has 0 heterocycles. The van der Waals surface area contributed by atoms with Crippen LogP contribution in [0.25, 0.3) is 0 Å². The monoisotopic (exact) mass is 449 g/mol. The lowest BCUT2D eigenvalue weighted by Crippen LogP contribution is -2.43. The zero-order valence-electron chi connectivity index (χ0n) is 17.6. The SMILES string of the molecule is CCNC(=NCC1(CS(C)(=O)=O)CC1)NCC(CC)Oc1cccc(C(F)(F)F)c1. The number of ether oxygens (including phenoxy) is 1. The highest BCUT2D eigenvalue weighted by atomic mass is 32.2. The molecule has 30 heavy (non-hydrogen) atoms. The van der Waals surface area contributed by atoms with Crippen molar-refractivity contribution in [2.45, 2.75) is 45.4 Å². The van der Waals surface area contributed by atoms with E-state index in [1.54, 1.807) is 0 Å². The average molecular weight is 450 g/mol. The van der Waals surface area contributed by atoms with Crippen molar-refractivity contribution in [1.82, 2.24) is 10.6 Å². The van der Waals surface area contributed by atoms with Gasteiger partial charge < -0.3 is 15.4 Å². The van der Waals surface area contributed by atoms with Gasteiger partial charge in [0.15, 0.2) is 5.96 Å². The first-order valence-electron chi connectivity index (χ1n) is 10.0. The maximum absolute atomic E-state index is 12.9. The molecule has 0 aromatic heterocycles. The number of halogens is 3. The quantitative estimate of drug-likeness (QED) is 0.424. The molecule has 6 nitrogen and oxygen atoms in total. The van der Waals surface area contributed by atoms with Crippen molar-refractivity contribution in [2.75, 3.05) is 31.6 Å². The van der Waals surface area contributed by atoms with Crippen LogP contribution in [0.5, 0.6) is 5.75 Å². The smallest absolute Gasteiger partial charge is 0.416 e. The molecule has 2 rings (SSSR count). The minimum atomic E-state index is -4.42. The van der Waals surface area contributed by atoms with E-state index in [2.05, 4.69) is 15.6 Å². The normalized spacial score (nSPS) is 17.3. The molecule has 0 saturated heterocycles. The summed E-state index contributed by atoms with van der Waals surface area (Å²) in [6.07, 6.45) is -1.30. The summed E-state index contributed by atoms with van der Waals surface area (Å²) < 4.78 is 67.6. The number of sulfone groups is 1. The second-order valence-corrected chi connectivity index (χ2v) is 9.96. The Hall–Kier alpha value is -1.97. The predicted octanol–water partition coefficient (Wildman–Crippen LogP) is 3.24. The molecule has 1 aliphatic carbocycles. The summed E-state index contributed by atoms with van der Waals surface area (Å²) in [4.78, 5) is 4.52. The molecule has 1 unspecified atom stereocenters. The fraction of sp³-hybridized carbons (Fsp3) is 0.650. The van der Waals surface area contributed by atoms with Crippen LogP contribution >= 0.6 is 0 Å². The molecule has 0 radical (unpaired) electrons. The molecule has 0 aliphatic heterocycles. The molecule has 1 saturated carbocycles. The average Bonchev–Trinajstić information content (AvgIpc) is 3.40. The lowest BCUT2D eigenvalue weighted by molar-refractivity contribution is -0.137. The molecule has 0 spiro atoms. The fourth-order valence-electron chi connectivity index (χ4n) is 3.09. The minimum absolute atomic E-state index is 0.124. The van der Waals surface area contributed by atoms with Gasteiger partial charge in [0.1, 0.15) is 21.7 Å². The maximum Gasteiger partial charge on any atom is 0.416 e. The third kappa shape index (κ3) is 8.04. The molecule has 1 aromatic carbocycles. The van der Waals surface area contributed by atoms with E-state index in [9.17, 15) is 21.6 Å². The summed E-state index contributed by atoms with van der Waals surface area (Å²) in [6.45, 7) is 5.17. The van der Waals surface area contributed by atoms with E-state index >= 15 is 0 Å². The molecule has 1 aliphatic rings. The van der Waals surface area contributed by atoms with Crippen LogP contribution in [0.4, 0.5) is 13.2 Å². The molecule has 0 bridgehead atoms. The molecule has 10 heteroatoms. The van der Waals surface area contributed by atoms with E-state index in [1.807, 2.05) is 13.8 Å². The summed E-state index contributed by atoms with van der Waals surface area (Å²) >= 11 is 0. The molecular formula is C20H30F3N3O3S. The van der Waals surface area contributed by atoms with Gasteiger partial charge in [-0.05, 0) is 44.4 Å². The van der Waals surface area contributed by atoms with E-state index < -0.39 is 21.6 Å². The van der Waals surface area contributed by atoms with Crippen LogP contribution in [0.1, 0.15) is 38.7 Å². The molecule has 2 N–H and O–H groups in total. The van der Waals surface area contributed by atoms with Crippen molar-refractivity contribution in [1.29, 1.82) is 0 Å². The number of alkyl halides is 3. The zero-order chi connectivity index (χ0) is 22.4. The van der Waals surface area contributed by atoms with Crippen molar-refractivity contribution in [3.8, 4) is 5.75 Å². The van der Waals surface area contributed by atoms with Crippen LogP contribution in [-0.4, -0.2) is 52.1 Å². The minimum Gasteiger partial charge on any atom is -0.489 e.